The minimum atomic E-state index is -1.01. The van der Waals surface area contributed by atoms with E-state index < -0.39 is 12.0 Å². The van der Waals surface area contributed by atoms with Crippen molar-refractivity contribution in [3.8, 4) is 0 Å². The van der Waals surface area contributed by atoms with Crippen LogP contribution in [-0.4, -0.2) is 41.0 Å². The zero-order valence-electron chi connectivity index (χ0n) is 14.5. The van der Waals surface area contributed by atoms with Crippen LogP contribution in [0.2, 0.25) is 0 Å². The first-order chi connectivity index (χ1) is 10.9. The summed E-state index contributed by atoms with van der Waals surface area (Å²) in [6, 6.07) is 6.49. The lowest BCUT2D eigenvalue weighted by atomic mass is 10.0. The molecule has 2 N–H and O–H groups in total. The summed E-state index contributed by atoms with van der Waals surface area (Å²) >= 11 is 0. The van der Waals surface area contributed by atoms with Gasteiger partial charge in [0.25, 0.3) is 5.91 Å². The van der Waals surface area contributed by atoms with E-state index in [2.05, 4.69) is 24.1 Å². The maximum atomic E-state index is 12.2. The highest BCUT2D eigenvalue weighted by Gasteiger charge is 2.23. The van der Waals surface area contributed by atoms with Gasteiger partial charge in [0.2, 0.25) is 0 Å². The molecule has 0 bridgehead atoms. The summed E-state index contributed by atoms with van der Waals surface area (Å²) in [5.74, 6) is -1.52. The summed E-state index contributed by atoms with van der Waals surface area (Å²) in [4.78, 5) is 25.7. The van der Waals surface area contributed by atoms with Crippen LogP contribution in [0.5, 0.6) is 0 Å². The normalized spacial score (nSPS) is 12.4. The first kappa shape index (κ1) is 19.2. The number of nitrogens with zero attached hydrogens (tertiary/aromatic N) is 1. The van der Waals surface area contributed by atoms with Crippen LogP contribution < -0.4 is 5.32 Å². The SMILES string of the molecule is CCCN(CC)Cc1ccc(C(=O)N[C@@H](C(=O)O)C(C)C)cc1. The molecular formula is C18H28N2O3. The first-order valence-electron chi connectivity index (χ1n) is 8.24. The molecule has 5 heteroatoms. The largest absolute Gasteiger partial charge is 0.480 e. The lowest BCUT2D eigenvalue weighted by Gasteiger charge is -2.20. The summed E-state index contributed by atoms with van der Waals surface area (Å²) in [5, 5.41) is 11.7. The second-order valence-corrected chi connectivity index (χ2v) is 6.10. The minimum Gasteiger partial charge on any atom is -0.480 e. The molecule has 0 aliphatic carbocycles. The van der Waals surface area contributed by atoms with E-state index in [-0.39, 0.29) is 11.8 Å². The van der Waals surface area contributed by atoms with Gasteiger partial charge in [0.15, 0.2) is 0 Å². The summed E-state index contributed by atoms with van der Waals surface area (Å²) in [6.45, 7) is 10.7. The van der Waals surface area contributed by atoms with Crippen LogP contribution >= 0.6 is 0 Å². The maximum absolute atomic E-state index is 12.2. The Morgan fingerprint density at radius 3 is 2.22 bits per heavy atom. The van der Waals surface area contributed by atoms with Crippen molar-refractivity contribution in [1.82, 2.24) is 10.2 Å². The van der Waals surface area contributed by atoms with E-state index in [9.17, 15) is 9.59 Å². The Balaban J connectivity index is 2.72. The topological polar surface area (TPSA) is 69.6 Å². The van der Waals surface area contributed by atoms with Crippen molar-refractivity contribution >= 4 is 11.9 Å². The van der Waals surface area contributed by atoms with Gasteiger partial charge < -0.3 is 10.4 Å². The number of nitrogens with one attached hydrogen (secondary N) is 1. The molecule has 0 aliphatic heterocycles. The van der Waals surface area contributed by atoms with E-state index in [1.54, 1.807) is 26.0 Å². The smallest absolute Gasteiger partial charge is 0.326 e. The third-order valence-corrected chi connectivity index (χ3v) is 3.83. The molecule has 1 aromatic carbocycles. The molecule has 0 fully saturated rings. The second kappa shape index (κ2) is 9.30. The van der Waals surface area contributed by atoms with Crippen LogP contribution in [0.25, 0.3) is 0 Å². The number of carboxylic acids is 1. The van der Waals surface area contributed by atoms with Gasteiger partial charge in [-0.2, -0.15) is 0 Å². The van der Waals surface area contributed by atoms with Crippen LogP contribution in [0, 0.1) is 5.92 Å². The van der Waals surface area contributed by atoms with Crippen LogP contribution in [0.15, 0.2) is 24.3 Å². The molecule has 0 saturated heterocycles. The molecule has 0 heterocycles. The summed E-state index contributed by atoms with van der Waals surface area (Å²) in [7, 11) is 0. The van der Waals surface area contributed by atoms with Gasteiger partial charge in [-0.25, -0.2) is 4.79 Å². The van der Waals surface area contributed by atoms with Gasteiger partial charge in [-0.1, -0.05) is 39.8 Å². The van der Waals surface area contributed by atoms with E-state index in [0.29, 0.717) is 5.56 Å². The molecule has 0 aromatic heterocycles. The quantitative estimate of drug-likeness (QED) is 0.734. The van der Waals surface area contributed by atoms with Crippen molar-refractivity contribution < 1.29 is 14.7 Å². The molecule has 5 nitrogen and oxygen atoms in total. The van der Waals surface area contributed by atoms with Gasteiger partial charge in [0, 0.05) is 12.1 Å². The highest BCUT2D eigenvalue weighted by atomic mass is 16.4. The molecule has 23 heavy (non-hydrogen) atoms. The predicted molar refractivity (Wildman–Crippen MR) is 91.4 cm³/mol. The number of aliphatic carboxylic acids is 1. The van der Waals surface area contributed by atoms with E-state index in [1.165, 1.54) is 0 Å². The van der Waals surface area contributed by atoms with Gasteiger partial charge in [-0.3, -0.25) is 9.69 Å². The monoisotopic (exact) mass is 320 g/mol. The molecular weight excluding hydrogens is 292 g/mol. The van der Waals surface area contributed by atoms with E-state index >= 15 is 0 Å². The summed E-state index contributed by atoms with van der Waals surface area (Å²) < 4.78 is 0. The predicted octanol–water partition coefficient (Wildman–Crippen LogP) is 2.76. The summed E-state index contributed by atoms with van der Waals surface area (Å²) in [5.41, 5.74) is 1.63. The molecule has 0 radical (unpaired) electrons. The van der Waals surface area contributed by atoms with E-state index in [0.717, 1.165) is 31.6 Å². The summed E-state index contributed by atoms with van der Waals surface area (Å²) in [6.07, 6.45) is 1.11. The standard InChI is InChI=1S/C18H28N2O3/c1-5-11-20(6-2)12-14-7-9-15(10-8-14)17(21)19-16(13(3)4)18(22)23/h7-10,13,16H,5-6,11-12H2,1-4H3,(H,19,21)(H,22,23)/t16-/m1/s1. The second-order valence-electron chi connectivity index (χ2n) is 6.10. The third kappa shape index (κ3) is 6.02. The Morgan fingerprint density at radius 2 is 1.78 bits per heavy atom. The van der Waals surface area contributed by atoms with Crippen molar-refractivity contribution in [1.29, 1.82) is 0 Å². The Bertz CT molecular complexity index is 512. The third-order valence-electron chi connectivity index (χ3n) is 3.83. The lowest BCUT2D eigenvalue weighted by molar-refractivity contribution is -0.140. The number of carbonyl (C=O) groups excluding carboxylic acids is 1. The Morgan fingerprint density at radius 1 is 1.17 bits per heavy atom. The van der Waals surface area contributed by atoms with Gasteiger partial charge in [0.1, 0.15) is 6.04 Å². The molecule has 0 spiro atoms. The average Bonchev–Trinajstić information content (AvgIpc) is 2.51. The van der Waals surface area contributed by atoms with Crippen molar-refractivity contribution in [2.24, 2.45) is 5.92 Å². The van der Waals surface area contributed by atoms with Crippen molar-refractivity contribution in [2.75, 3.05) is 13.1 Å². The molecule has 1 atom stereocenters. The minimum absolute atomic E-state index is 0.164. The highest BCUT2D eigenvalue weighted by molar-refractivity contribution is 5.96. The highest BCUT2D eigenvalue weighted by Crippen LogP contribution is 2.10. The Labute approximate surface area is 138 Å². The fourth-order valence-corrected chi connectivity index (χ4v) is 2.42. The van der Waals surface area contributed by atoms with E-state index in [4.69, 9.17) is 5.11 Å². The lowest BCUT2D eigenvalue weighted by Crippen LogP contribution is -2.44. The number of rotatable bonds is 9. The first-order valence-corrected chi connectivity index (χ1v) is 8.24. The number of carbonyl (C=O) groups is 2. The Kier molecular flexibility index (Phi) is 7.75. The van der Waals surface area contributed by atoms with Crippen molar-refractivity contribution in [3.63, 3.8) is 0 Å². The van der Waals surface area contributed by atoms with Crippen LogP contribution in [0.3, 0.4) is 0 Å². The molecule has 1 rings (SSSR count). The zero-order valence-corrected chi connectivity index (χ0v) is 14.5. The molecule has 0 saturated carbocycles. The van der Waals surface area contributed by atoms with Crippen molar-refractivity contribution in [3.05, 3.63) is 35.4 Å². The van der Waals surface area contributed by atoms with Crippen LogP contribution in [0.4, 0.5) is 0 Å². The van der Waals surface area contributed by atoms with Crippen molar-refractivity contribution in [2.45, 2.75) is 46.7 Å². The van der Waals surface area contributed by atoms with Gasteiger partial charge in [-0.05, 0) is 43.1 Å². The number of hydrogen-bond acceptors (Lipinski definition) is 3. The van der Waals surface area contributed by atoms with Crippen LogP contribution in [-0.2, 0) is 11.3 Å². The number of carboxylic acid groups (broad SMARTS) is 1. The van der Waals surface area contributed by atoms with Crippen LogP contribution in [0.1, 0.15) is 50.0 Å². The van der Waals surface area contributed by atoms with Gasteiger partial charge in [-0.15, -0.1) is 0 Å². The van der Waals surface area contributed by atoms with Gasteiger partial charge >= 0.3 is 5.97 Å². The molecule has 0 unspecified atom stereocenters. The fourth-order valence-electron chi connectivity index (χ4n) is 2.42. The van der Waals surface area contributed by atoms with E-state index in [1.807, 2.05) is 12.1 Å². The number of amides is 1. The number of benzene rings is 1. The number of hydrogen-bond donors (Lipinski definition) is 2. The molecule has 128 valence electrons. The zero-order chi connectivity index (χ0) is 17.4. The Hall–Kier alpha value is -1.88. The molecule has 1 aromatic rings. The fraction of sp³-hybridized carbons (Fsp3) is 0.556. The molecule has 0 aliphatic rings. The molecule has 1 amide bonds. The maximum Gasteiger partial charge on any atom is 0.326 e. The van der Waals surface area contributed by atoms with Gasteiger partial charge in [0.05, 0.1) is 0 Å². The average molecular weight is 320 g/mol.